The minimum atomic E-state index is -1.17. The number of amides is 2. The number of nitrogens with zero attached hydrogens (tertiary/aromatic N) is 4. The van der Waals surface area contributed by atoms with Crippen molar-refractivity contribution in [3.05, 3.63) is 112 Å². The van der Waals surface area contributed by atoms with E-state index in [1.165, 1.54) is 26.0 Å². The maximum atomic E-state index is 13.0. The fourth-order valence-corrected chi connectivity index (χ4v) is 8.19. The van der Waals surface area contributed by atoms with Gasteiger partial charge in [0.05, 0.1) is 42.6 Å². The molecule has 15 nitrogen and oxygen atoms in total. The molecule has 0 spiro atoms. The Hall–Kier alpha value is -5.85. The molecule has 0 saturated carbocycles. The van der Waals surface area contributed by atoms with E-state index in [1.807, 2.05) is 90.1 Å². The largest absolute Gasteiger partial charge is 0.480 e. The van der Waals surface area contributed by atoms with Gasteiger partial charge in [-0.1, -0.05) is 89.1 Å². The average molecular weight is 904 g/mol. The molecule has 63 heavy (non-hydrogen) atoms. The van der Waals surface area contributed by atoms with E-state index in [2.05, 4.69) is 34.1 Å². The minimum Gasteiger partial charge on any atom is -0.480 e. The van der Waals surface area contributed by atoms with E-state index < -0.39 is 49.4 Å². The number of rotatable bonds is 22. The quantitative estimate of drug-likeness (QED) is 0.0719. The molecule has 1 unspecified atom stereocenters. The van der Waals surface area contributed by atoms with Gasteiger partial charge in [-0.25, -0.2) is 4.98 Å². The third-order valence-electron chi connectivity index (χ3n) is 8.76. The van der Waals surface area contributed by atoms with Crippen LogP contribution in [0.15, 0.2) is 96.6 Å². The van der Waals surface area contributed by atoms with Crippen molar-refractivity contribution < 1.29 is 39.3 Å². The standard InChI is InChI=1S/C42H49N7O8S2.2C2H6/c1-5-9-33-34(8-4)58-42(46-33)29-13-17-31(18-14-29)44-37(51)24-49(27-40(56)57)22-20-47(25-38(52)53)19-21-48(26-39(54)55)23-36(50)43-30-15-11-28(12-16-30)41-45-32(7-3)35(59-41)10-6-2;2*1-2/h5-18,41,45H,1-2,19-27H2,3-4H3,(H,43,50)(H,44,51)(H,52,53)(H,54,55)(H,56,57);2*1-2H3/b32-7+,33-9+,34-8+,35-10+;;. The molecule has 6 N–H and O–H groups in total. The Morgan fingerprint density at radius 2 is 1.14 bits per heavy atom. The first-order chi connectivity index (χ1) is 30.3. The topological polar surface area (TPSA) is 205 Å². The monoisotopic (exact) mass is 903 g/mol. The van der Waals surface area contributed by atoms with Crippen molar-refractivity contribution in [3.8, 4) is 10.6 Å². The number of benzene rings is 2. The second kappa shape index (κ2) is 28.7. The zero-order valence-electron chi connectivity index (χ0n) is 36.9. The minimum absolute atomic E-state index is 0.0169. The van der Waals surface area contributed by atoms with Gasteiger partial charge in [0, 0.05) is 53.7 Å². The van der Waals surface area contributed by atoms with Gasteiger partial charge in [0.25, 0.3) is 0 Å². The number of aromatic nitrogens is 1. The van der Waals surface area contributed by atoms with Gasteiger partial charge in [-0.05, 0) is 68.0 Å². The molecule has 0 radical (unpaired) electrons. The van der Waals surface area contributed by atoms with Crippen LogP contribution in [0.2, 0.25) is 0 Å². The maximum Gasteiger partial charge on any atom is 0.317 e. The van der Waals surface area contributed by atoms with Gasteiger partial charge in [0.2, 0.25) is 11.8 Å². The van der Waals surface area contributed by atoms with E-state index in [4.69, 9.17) is 0 Å². The molecule has 1 aliphatic heterocycles. The van der Waals surface area contributed by atoms with Crippen molar-refractivity contribution in [2.24, 2.45) is 0 Å². The van der Waals surface area contributed by atoms with Gasteiger partial charge in [0.15, 0.2) is 0 Å². The van der Waals surface area contributed by atoms with Crippen molar-refractivity contribution in [1.29, 1.82) is 0 Å². The zero-order valence-corrected chi connectivity index (χ0v) is 38.6. The normalized spacial score (nSPS) is 15.0. The number of anilines is 2. The lowest BCUT2D eigenvalue weighted by Crippen LogP contribution is -2.46. The van der Waals surface area contributed by atoms with Gasteiger partial charge in [0.1, 0.15) is 10.4 Å². The van der Waals surface area contributed by atoms with Crippen LogP contribution >= 0.6 is 23.1 Å². The lowest BCUT2D eigenvalue weighted by molar-refractivity contribution is -0.140. The molecular formula is C46H61N7O8S2. The van der Waals surface area contributed by atoms with Gasteiger partial charge in [-0.2, -0.15) is 0 Å². The summed E-state index contributed by atoms with van der Waals surface area (Å²) in [5.41, 5.74) is 3.88. The molecule has 3 aromatic rings. The van der Waals surface area contributed by atoms with Crippen molar-refractivity contribution >= 4 is 76.3 Å². The Bertz CT molecular complexity index is 2190. The number of nitrogens with one attached hydrogen (secondary N) is 3. The van der Waals surface area contributed by atoms with E-state index in [0.29, 0.717) is 11.4 Å². The highest BCUT2D eigenvalue weighted by Gasteiger charge is 2.25. The number of carboxylic acid groups (broad SMARTS) is 3. The highest BCUT2D eigenvalue weighted by atomic mass is 32.2. The molecule has 1 atom stereocenters. The molecule has 340 valence electrons. The maximum absolute atomic E-state index is 13.0. The van der Waals surface area contributed by atoms with E-state index in [0.717, 1.165) is 36.6 Å². The Balaban J connectivity index is 0.00000331. The van der Waals surface area contributed by atoms with Crippen LogP contribution in [-0.4, -0.2) is 124 Å². The molecule has 0 aliphatic carbocycles. The summed E-state index contributed by atoms with van der Waals surface area (Å²) in [7, 11) is 0. The molecule has 2 amide bonds. The summed E-state index contributed by atoms with van der Waals surface area (Å²) in [5, 5.41) is 39.3. The summed E-state index contributed by atoms with van der Waals surface area (Å²) in [5.74, 6) is -4.42. The summed E-state index contributed by atoms with van der Waals surface area (Å²) in [6.45, 7) is 17.6. The molecule has 1 saturated heterocycles. The average Bonchev–Trinajstić information content (AvgIpc) is 3.87. The number of carbonyl (C=O) groups excluding carboxylic acids is 2. The molecule has 0 bridgehead atoms. The highest BCUT2D eigenvalue weighted by Crippen LogP contribution is 2.43. The third kappa shape index (κ3) is 18.6. The molecular weight excluding hydrogens is 843 g/mol. The first kappa shape index (κ1) is 53.3. The lowest BCUT2D eigenvalue weighted by Gasteiger charge is -2.28. The van der Waals surface area contributed by atoms with Crippen molar-refractivity contribution in [1.82, 2.24) is 25.0 Å². The van der Waals surface area contributed by atoms with Crippen LogP contribution in [0.5, 0.6) is 0 Å². The number of hydrogen-bond acceptors (Lipinski definition) is 12. The summed E-state index contributed by atoms with van der Waals surface area (Å²) in [6.07, 6.45) is 11.1. The van der Waals surface area contributed by atoms with E-state index >= 15 is 0 Å². The van der Waals surface area contributed by atoms with Crippen LogP contribution in [0.4, 0.5) is 11.4 Å². The molecule has 1 aromatic heterocycles. The number of carbonyl (C=O) groups is 5. The fraction of sp³-hybridized carbons (Fsp3) is 0.348. The second-order valence-electron chi connectivity index (χ2n) is 13.2. The Kier molecular flexibility index (Phi) is 24.3. The lowest BCUT2D eigenvalue weighted by atomic mass is 10.2. The van der Waals surface area contributed by atoms with Crippen LogP contribution in [0.1, 0.15) is 52.5 Å². The molecule has 1 aliphatic rings. The summed E-state index contributed by atoms with van der Waals surface area (Å²) in [4.78, 5) is 71.3. The zero-order chi connectivity index (χ0) is 46.9. The predicted molar refractivity (Wildman–Crippen MR) is 256 cm³/mol. The van der Waals surface area contributed by atoms with Crippen molar-refractivity contribution in [3.63, 3.8) is 0 Å². The highest BCUT2D eigenvalue weighted by molar-refractivity contribution is 8.03. The Labute approximate surface area is 378 Å². The number of carboxylic acids is 3. The first-order valence-corrected chi connectivity index (χ1v) is 22.3. The van der Waals surface area contributed by atoms with Crippen molar-refractivity contribution in [2.45, 2.75) is 46.9 Å². The Morgan fingerprint density at radius 3 is 1.59 bits per heavy atom. The van der Waals surface area contributed by atoms with Gasteiger partial charge in [-0.15, -0.1) is 11.3 Å². The summed E-state index contributed by atoms with van der Waals surface area (Å²) < 4.78 is 1.01. The Morgan fingerprint density at radius 1 is 0.683 bits per heavy atom. The SMILES string of the molecule is C=C/C=C1/SC(c2ccc(NC(=O)CN(CCN(CCN(CC(=O)O)CC(=O)Nc3ccc(-c4nc(=C/C=C)/c(=C\C)s4)cc3)CC(=O)O)CC(=O)O)cc2)N/C1=C/C.CC.CC. The van der Waals surface area contributed by atoms with E-state index in [1.54, 1.807) is 48.2 Å². The van der Waals surface area contributed by atoms with Gasteiger partial charge in [-0.3, -0.25) is 38.7 Å². The van der Waals surface area contributed by atoms with E-state index in [9.17, 15) is 39.3 Å². The number of allylic oxidation sites excluding steroid dienone is 4. The molecule has 4 rings (SSSR count). The van der Waals surface area contributed by atoms with Crippen LogP contribution in [0, 0.1) is 0 Å². The van der Waals surface area contributed by atoms with Crippen LogP contribution < -0.4 is 25.8 Å². The summed E-state index contributed by atoms with van der Waals surface area (Å²) >= 11 is 3.17. The second-order valence-corrected chi connectivity index (χ2v) is 15.4. The third-order valence-corrected chi connectivity index (χ3v) is 11.2. The molecule has 1 fully saturated rings. The first-order valence-electron chi connectivity index (χ1n) is 20.6. The number of thioether (sulfide) groups is 1. The number of hydrogen-bond donors (Lipinski definition) is 6. The van der Waals surface area contributed by atoms with Gasteiger partial charge < -0.3 is 31.3 Å². The molecule has 2 heterocycles. The van der Waals surface area contributed by atoms with Crippen molar-refractivity contribution in [2.75, 3.05) is 69.5 Å². The predicted octanol–water partition coefficient (Wildman–Crippen LogP) is 5.68. The summed E-state index contributed by atoms with van der Waals surface area (Å²) in [6, 6.07) is 14.4. The van der Waals surface area contributed by atoms with Gasteiger partial charge >= 0.3 is 17.9 Å². The number of aliphatic carboxylic acids is 3. The molecule has 17 heteroatoms. The number of thiazole rings is 1. The van der Waals surface area contributed by atoms with Crippen LogP contribution in [-0.2, 0) is 24.0 Å². The van der Waals surface area contributed by atoms with E-state index in [-0.39, 0.29) is 44.6 Å². The smallest absolute Gasteiger partial charge is 0.317 e. The molecule has 2 aromatic carbocycles. The van der Waals surface area contributed by atoms with Crippen LogP contribution in [0.25, 0.3) is 22.7 Å². The van der Waals surface area contributed by atoms with Crippen LogP contribution in [0.3, 0.4) is 0 Å². The fourth-order valence-electron chi connectivity index (χ4n) is 6.03.